The lowest BCUT2D eigenvalue weighted by molar-refractivity contribution is -0.396. The summed E-state index contributed by atoms with van der Waals surface area (Å²) in [7, 11) is 0. The molecule has 0 N–H and O–H groups in total. The van der Waals surface area contributed by atoms with E-state index >= 15 is 0 Å². The van der Waals surface area contributed by atoms with Gasteiger partial charge in [-0.05, 0) is 44.2 Å². The van der Waals surface area contributed by atoms with Crippen LogP contribution in [0.1, 0.15) is 16.7 Å². The van der Waals surface area contributed by atoms with Crippen molar-refractivity contribution in [1.29, 1.82) is 0 Å². The van der Waals surface area contributed by atoms with Gasteiger partial charge in [-0.1, -0.05) is 65.7 Å². The summed E-state index contributed by atoms with van der Waals surface area (Å²) in [5, 5.41) is 23.1. The summed E-state index contributed by atoms with van der Waals surface area (Å²) in [6, 6.07) is 28.6. The van der Waals surface area contributed by atoms with Crippen LogP contribution in [0.4, 0.5) is 22.7 Å². The SMILES string of the molecule is Cc1ccc(N=C(c2ccccc2)N(Sc2ccc([N+](=O)[O-])cc2[N+](=O)[O-])c2ccc(C)cc2)cc1. The average Bonchev–Trinajstić information content (AvgIpc) is 2.88. The van der Waals surface area contributed by atoms with E-state index in [1.165, 1.54) is 12.1 Å². The second-order valence-corrected chi connectivity index (χ2v) is 9.01. The maximum atomic E-state index is 11.8. The highest BCUT2D eigenvalue weighted by Gasteiger charge is 2.25. The van der Waals surface area contributed by atoms with Gasteiger partial charge in [0.1, 0.15) is 4.90 Å². The fourth-order valence-corrected chi connectivity index (χ4v) is 4.40. The van der Waals surface area contributed by atoms with Crippen molar-refractivity contribution in [3.8, 4) is 0 Å². The molecule has 4 rings (SSSR count). The lowest BCUT2D eigenvalue weighted by atomic mass is 10.1. The molecule has 0 aliphatic rings. The Kier molecular flexibility index (Phi) is 7.41. The fourth-order valence-electron chi connectivity index (χ4n) is 3.39. The number of non-ortho nitro benzene ring substituents is 1. The smallest absolute Gasteiger partial charge is 0.263 e. The number of aryl methyl sites for hydroxylation is 2. The summed E-state index contributed by atoms with van der Waals surface area (Å²) in [4.78, 5) is 27.0. The van der Waals surface area contributed by atoms with Crippen molar-refractivity contribution in [2.45, 2.75) is 18.7 Å². The van der Waals surface area contributed by atoms with Crippen molar-refractivity contribution >= 4 is 40.5 Å². The lowest BCUT2D eigenvalue weighted by Crippen LogP contribution is -2.25. The van der Waals surface area contributed by atoms with Gasteiger partial charge in [-0.2, -0.15) is 0 Å². The van der Waals surface area contributed by atoms with E-state index < -0.39 is 9.85 Å². The molecule has 4 aromatic rings. The van der Waals surface area contributed by atoms with Gasteiger partial charge in [0.2, 0.25) is 0 Å². The number of rotatable bonds is 7. The molecule has 0 unspecified atom stereocenters. The van der Waals surface area contributed by atoms with Gasteiger partial charge in [0, 0.05) is 23.6 Å². The molecular formula is C27H22N4O4S. The van der Waals surface area contributed by atoms with Crippen LogP contribution < -0.4 is 4.31 Å². The topological polar surface area (TPSA) is 102 Å². The minimum Gasteiger partial charge on any atom is -0.263 e. The molecule has 0 bridgehead atoms. The summed E-state index contributed by atoms with van der Waals surface area (Å²) < 4.78 is 1.81. The molecular weight excluding hydrogens is 476 g/mol. The van der Waals surface area contributed by atoms with Crippen molar-refractivity contribution in [3.63, 3.8) is 0 Å². The fraction of sp³-hybridized carbons (Fsp3) is 0.0741. The van der Waals surface area contributed by atoms with Gasteiger partial charge in [0.25, 0.3) is 11.4 Å². The Labute approximate surface area is 212 Å². The van der Waals surface area contributed by atoms with Crippen LogP contribution in [-0.4, -0.2) is 15.7 Å². The van der Waals surface area contributed by atoms with E-state index in [2.05, 4.69) is 0 Å². The van der Waals surface area contributed by atoms with Crippen molar-refractivity contribution in [3.05, 3.63) is 134 Å². The quantitative estimate of drug-likeness (QED) is 0.0864. The van der Waals surface area contributed by atoms with Crippen molar-refractivity contribution in [1.82, 2.24) is 0 Å². The average molecular weight is 499 g/mol. The third kappa shape index (κ3) is 5.76. The minimum absolute atomic E-state index is 0.249. The number of nitrogens with zero attached hydrogens (tertiary/aromatic N) is 4. The molecule has 0 fully saturated rings. The molecule has 9 heteroatoms. The van der Waals surface area contributed by atoms with Gasteiger partial charge in [-0.25, -0.2) is 4.99 Å². The Hall–Kier alpha value is -4.50. The first-order valence-corrected chi connectivity index (χ1v) is 11.8. The minimum atomic E-state index is -0.645. The third-order valence-electron chi connectivity index (χ3n) is 5.30. The van der Waals surface area contributed by atoms with E-state index in [4.69, 9.17) is 4.99 Å². The summed E-state index contributed by atoms with van der Waals surface area (Å²) in [5.74, 6) is 0.556. The highest BCUT2D eigenvalue weighted by Crippen LogP contribution is 2.38. The molecule has 0 aliphatic heterocycles. The number of benzene rings is 4. The Morgan fingerprint density at radius 2 is 1.39 bits per heavy atom. The molecule has 36 heavy (non-hydrogen) atoms. The van der Waals surface area contributed by atoms with Crippen LogP contribution in [0.25, 0.3) is 0 Å². The van der Waals surface area contributed by atoms with Gasteiger partial charge in [0.15, 0.2) is 5.84 Å². The van der Waals surface area contributed by atoms with Crippen LogP contribution in [0.5, 0.6) is 0 Å². The molecule has 0 atom stereocenters. The number of nitro groups is 2. The van der Waals surface area contributed by atoms with Crippen LogP contribution in [-0.2, 0) is 0 Å². The number of amidine groups is 1. The van der Waals surface area contributed by atoms with Gasteiger partial charge < -0.3 is 0 Å². The van der Waals surface area contributed by atoms with Crippen LogP contribution in [0, 0.1) is 34.1 Å². The molecule has 0 radical (unpaired) electrons. The summed E-state index contributed by atoms with van der Waals surface area (Å²) in [6.07, 6.45) is 0. The lowest BCUT2D eigenvalue weighted by Gasteiger charge is -2.25. The zero-order chi connectivity index (χ0) is 25.7. The number of aliphatic imine (C=N–C) groups is 1. The Balaban J connectivity index is 1.90. The van der Waals surface area contributed by atoms with Crippen LogP contribution in [0.15, 0.2) is 107 Å². The maximum absolute atomic E-state index is 11.8. The van der Waals surface area contributed by atoms with Gasteiger partial charge in [-0.3, -0.25) is 24.5 Å². The second-order valence-electron chi connectivity index (χ2n) is 8.02. The highest BCUT2D eigenvalue weighted by atomic mass is 32.2. The zero-order valence-electron chi connectivity index (χ0n) is 19.6. The van der Waals surface area contributed by atoms with E-state index in [9.17, 15) is 20.2 Å². The number of hydrogen-bond donors (Lipinski definition) is 0. The van der Waals surface area contributed by atoms with Gasteiger partial charge >= 0.3 is 0 Å². The second kappa shape index (κ2) is 10.8. The van der Waals surface area contributed by atoms with Crippen molar-refractivity contribution in [2.24, 2.45) is 4.99 Å². The van der Waals surface area contributed by atoms with Crippen LogP contribution >= 0.6 is 11.9 Å². The first-order valence-electron chi connectivity index (χ1n) is 11.0. The molecule has 180 valence electrons. The predicted octanol–water partition coefficient (Wildman–Crippen LogP) is 7.41. The molecule has 0 saturated heterocycles. The molecule has 4 aromatic carbocycles. The Morgan fingerprint density at radius 1 is 0.778 bits per heavy atom. The van der Waals surface area contributed by atoms with Crippen molar-refractivity contribution < 1.29 is 9.85 Å². The molecule has 0 heterocycles. The Morgan fingerprint density at radius 3 is 1.97 bits per heavy atom. The molecule has 0 saturated carbocycles. The van der Waals surface area contributed by atoms with E-state index in [1.54, 1.807) is 0 Å². The van der Waals surface area contributed by atoms with E-state index in [0.717, 1.165) is 46.1 Å². The van der Waals surface area contributed by atoms with E-state index in [0.29, 0.717) is 5.84 Å². The largest absolute Gasteiger partial charge is 0.291 e. The predicted molar refractivity (Wildman–Crippen MR) is 143 cm³/mol. The molecule has 0 amide bonds. The third-order valence-corrected chi connectivity index (χ3v) is 6.41. The molecule has 0 aliphatic carbocycles. The van der Waals surface area contributed by atoms with Gasteiger partial charge in [-0.15, -0.1) is 0 Å². The summed E-state index contributed by atoms with van der Waals surface area (Å²) >= 11 is 1.09. The van der Waals surface area contributed by atoms with Gasteiger partial charge in [0.05, 0.1) is 27.3 Å². The van der Waals surface area contributed by atoms with E-state index in [-0.39, 0.29) is 16.3 Å². The number of hydrogen-bond acceptors (Lipinski definition) is 6. The zero-order valence-corrected chi connectivity index (χ0v) is 20.4. The molecule has 0 aromatic heterocycles. The monoisotopic (exact) mass is 498 g/mol. The maximum Gasteiger partial charge on any atom is 0.291 e. The summed E-state index contributed by atoms with van der Waals surface area (Å²) in [6.45, 7) is 3.97. The standard InChI is InChI=1S/C27H22N4O4S/c1-19-8-12-22(13-9-19)28-27(21-6-4-3-5-7-21)29(23-14-10-20(2)11-15-23)36-26-17-16-24(30(32)33)18-25(26)31(34)35/h3-18H,1-2H3. The molecule has 0 spiro atoms. The van der Waals surface area contributed by atoms with Crippen LogP contribution in [0.2, 0.25) is 0 Å². The van der Waals surface area contributed by atoms with E-state index in [1.807, 2.05) is 97.0 Å². The van der Waals surface area contributed by atoms with Crippen molar-refractivity contribution in [2.75, 3.05) is 4.31 Å². The number of anilines is 1. The Bertz CT molecular complexity index is 1420. The summed E-state index contributed by atoms with van der Waals surface area (Å²) in [5.41, 5.74) is 3.72. The first kappa shape index (κ1) is 24.6. The number of nitro benzene ring substituents is 2. The first-order chi connectivity index (χ1) is 17.3. The highest BCUT2D eigenvalue weighted by molar-refractivity contribution is 8.01. The molecule has 8 nitrogen and oxygen atoms in total. The normalized spacial score (nSPS) is 11.2. The van der Waals surface area contributed by atoms with Crippen LogP contribution in [0.3, 0.4) is 0 Å².